The fraction of sp³-hybridized carbons (Fsp3) is 0.522. The lowest BCUT2D eigenvalue weighted by atomic mass is 9.79. The molecular formula is C23H29NO3S. The SMILES string of the molecule is CC1CCC(C(=O)N(c2csc(-c3ccccc3)c2)C2CCOCC2)C(O)C1. The quantitative estimate of drug-likeness (QED) is 0.809. The monoisotopic (exact) mass is 399 g/mol. The molecule has 3 unspecified atom stereocenters. The van der Waals surface area contributed by atoms with Gasteiger partial charge in [-0.2, -0.15) is 0 Å². The van der Waals surface area contributed by atoms with Gasteiger partial charge in [0.25, 0.3) is 0 Å². The van der Waals surface area contributed by atoms with Crippen LogP contribution in [0.5, 0.6) is 0 Å². The summed E-state index contributed by atoms with van der Waals surface area (Å²) in [6, 6.07) is 12.6. The van der Waals surface area contributed by atoms with Crippen LogP contribution in [-0.2, 0) is 9.53 Å². The van der Waals surface area contributed by atoms with Crippen LogP contribution in [0.3, 0.4) is 0 Å². The largest absolute Gasteiger partial charge is 0.392 e. The van der Waals surface area contributed by atoms with Gasteiger partial charge in [0, 0.05) is 29.5 Å². The maximum atomic E-state index is 13.6. The zero-order valence-electron chi connectivity index (χ0n) is 16.4. The fourth-order valence-corrected chi connectivity index (χ4v) is 5.38. The van der Waals surface area contributed by atoms with Gasteiger partial charge in [-0.05, 0) is 49.7 Å². The molecule has 1 saturated heterocycles. The Morgan fingerprint density at radius 3 is 2.61 bits per heavy atom. The molecule has 2 aromatic rings. The number of amides is 1. The van der Waals surface area contributed by atoms with Crippen molar-refractivity contribution < 1.29 is 14.6 Å². The molecule has 4 rings (SSSR count). The Morgan fingerprint density at radius 2 is 1.89 bits per heavy atom. The molecule has 1 aliphatic carbocycles. The third-order valence-electron chi connectivity index (χ3n) is 6.11. The van der Waals surface area contributed by atoms with E-state index in [1.54, 1.807) is 11.3 Å². The zero-order chi connectivity index (χ0) is 19.5. The van der Waals surface area contributed by atoms with Crippen molar-refractivity contribution in [2.45, 2.75) is 51.2 Å². The summed E-state index contributed by atoms with van der Waals surface area (Å²) in [6.45, 7) is 3.54. The number of hydrogen-bond acceptors (Lipinski definition) is 4. The van der Waals surface area contributed by atoms with Crippen molar-refractivity contribution in [3.8, 4) is 10.4 Å². The third kappa shape index (κ3) is 4.17. The minimum Gasteiger partial charge on any atom is -0.392 e. The van der Waals surface area contributed by atoms with Crippen molar-refractivity contribution in [3.63, 3.8) is 0 Å². The Kier molecular flexibility index (Phi) is 6.14. The van der Waals surface area contributed by atoms with Gasteiger partial charge < -0.3 is 14.7 Å². The maximum Gasteiger partial charge on any atom is 0.232 e. The van der Waals surface area contributed by atoms with E-state index in [2.05, 4.69) is 30.5 Å². The molecule has 150 valence electrons. The van der Waals surface area contributed by atoms with Crippen molar-refractivity contribution in [2.24, 2.45) is 11.8 Å². The first-order chi connectivity index (χ1) is 13.6. The molecule has 2 fully saturated rings. The highest BCUT2D eigenvalue weighted by Gasteiger charge is 2.38. The Morgan fingerprint density at radius 1 is 1.14 bits per heavy atom. The number of hydrogen-bond donors (Lipinski definition) is 1. The molecule has 1 amide bonds. The number of benzene rings is 1. The van der Waals surface area contributed by atoms with E-state index in [9.17, 15) is 9.90 Å². The van der Waals surface area contributed by atoms with Crippen LogP contribution in [0.25, 0.3) is 10.4 Å². The van der Waals surface area contributed by atoms with Gasteiger partial charge in [0.15, 0.2) is 0 Å². The smallest absolute Gasteiger partial charge is 0.232 e. The van der Waals surface area contributed by atoms with Gasteiger partial charge in [0.2, 0.25) is 5.91 Å². The number of thiophene rings is 1. The van der Waals surface area contributed by atoms with Gasteiger partial charge >= 0.3 is 0 Å². The number of aliphatic hydroxyl groups is 1. The third-order valence-corrected chi connectivity index (χ3v) is 7.08. The topological polar surface area (TPSA) is 49.8 Å². The Labute approximate surface area is 171 Å². The van der Waals surface area contributed by atoms with E-state index >= 15 is 0 Å². The summed E-state index contributed by atoms with van der Waals surface area (Å²) < 4.78 is 5.54. The van der Waals surface area contributed by atoms with Crippen LogP contribution in [0.15, 0.2) is 41.8 Å². The molecule has 1 aromatic heterocycles. The summed E-state index contributed by atoms with van der Waals surface area (Å²) in [7, 11) is 0. The van der Waals surface area contributed by atoms with E-state index in [4.69, 9.17) is 4.74 Å². The van der Waals surface area contributed by atoms with Gasteiger partial charge in [-0.15, -0.1) is 11.3 Å². The molecule has 1 aromatic carbocycles. The van der Waals surface area contributed by atoms with Crippen molar-refractivity contribution in [1.29, 1.82) is 0 Å². The van der Waals surface area contributed by atoms with Crippen molar-refractivity contribution in [3.05, 3.63) is 41.8 Å². The average Bonchev–Trinajstić information content (AvgIpc) is 3.19. The van der Waals surface area contributed by atoms with E-state index < -0.39 is 6.10 Å². The van der Waals surface area contributed by atoms with Crippen LogP contribution in [0, 0.1) is 11.8 Å². The Hall–Kier alpha value is -1.69. The van der Waals surface area contributed by atoms with Gasteiger partial charge in [-0.1, -0.05) is 37.3 Å². The molecule has 1 saturated carbocycles. The lowest BCUT2D eigenvalue weighted by Crippen LogP contribution is -2.49. The molecule has 1 N–H and O–H groups in total. The van der Waals surface area contributed by atoms with Gasteiger partial charge in [0.1, 0.15) is 0 Å². The number of aliphatic hydroxyl groups excluding tert-OH is 1. The molecule has 0 radical (unpaired) electrons. The lowest BCUT2D eigenvalue weighted by Gasteiger charge is -2.39. The van der Waals surface area contributed by atoms with E-state index in [0.29, 0.717) is 19.1 Å². The first-order valence-corrected chi connectivity index (χ1v) is 11.2. The highest BCUT2D eigenvalue weighted by Crippen LogP contribution is 2.37. The van der Waals surface area contributed by atoms with Crippen LogP contribution in [0.1, 0.15) is 39.0 Å². The molecule has 0 bridgehead atoms. The van der Waals surface area contributed by atoms with E-state index in [1.165, 1.54) is 10.4 Å². The Bertz CT molecular complexity index is 784. The van der Waals surface area contributed by atoms with Crippen LogP contribution >= 0.6 is 11.3 Å². The molecule has 1 aliphatic heterocycles. The number of carbonyl (C=O) groups is 1. The van der Waals surface area contributed by atoms with Crippen LogP contribution < -0.4 is 4.90 Å². The van der Waals surface area contributed by atoms with E-state index in [0.717, 1.165) is 37.8 Å². The normalized spacial score (nSPS) is 26.1. The van der Waals surface area contributed by atoms with Gasteiger partial charge in [-0.3, -0.25) is 4.79 Å². The fourth-order valence-electron chi connectivity index (χ4n) is 4.49. The minimum absolute atomic E-state index is 0.0868. The molecule has 2 heterocycles. The van der Waals surface area contributed by atoms with Crippen molar-refractivity contribution >= 4 is 22.9 Å². The Balaban J connectivity index is 1.62. The van der Waals surface area contributed by atoms with Crippen LogP contribution in [-0.4, -0.2) is 36.4 Å². The van der Waals surface area contributed by atoms with Crippen LogP contribution in [0.4, 0.5) is 5.69 Å². The van der Waals surface area contributed by atoms with Gasteiger partial charge in [0.05, 0.1) is 17.7 Å². The molecule has 2 aliphatic rings. The molecule has 4 nitrogen and oxygen atoms in total. The van der Waals surface area contributed by atoms with Gasteiger partial charge in [-0.25, -0.2) is 0 Å². The van der Waals surface area contributed by atoms with Crippen molar-refractivity contribution in [1.82, 2.24) is 0 Å². The second kappa shape index (κ2) is 8.76. The summed E-state index contributed by atoms with van der Waals surface area (Å²) >= 11 is 1.67. The predicted octanol–water partition coefficient (Wildman–Crippen LogP) is 4.72. The minimum atomic E-state index is -0.536. The molecule has 5 heteroatoms. The average molecular weight is 400 g/mol. The summed E-state index contributed by atoms with van der Waals surface area (Å²) in [5, 5.41) is 12.7. The first-order valence-electron chi connectivity index (χ1n) is 10.4. The van der Waals surface area contributed by atoms with Crippen LogP contribution in [0.2, 0.25) is 0 Å². The number of rotatable bonds is 4. The number of nitrogens with zero attached hydrogens (tertiary/aromatic N) is 1. The second-order valence-electron chi connectivity index (χ2n) is 8.18. The van der Waals surface area contributed by atoms with E-state index in [-0.39, 0.29) is 17.9 Å². The highest BCUT2D eigenvalue weighted by molar-refractivity contribution is 7.14. The number of anilines is 1. The maximum absolute atomic E-state index is 13.6. The summed E-state index contributed by atoms with van der Waals surface area (Å²) in [5.41, 5.74) is 2.14. The lowest BCUT2D eigenvalue weighted by molar-refractivity contribution is -0.129. The number of carbonyl (C=O) groups excluding carboxylic acids is 1. The zero-order valence-corrected chi connectivity index (χ0v) is 17.2. The second-order valence-corrected chi connectivity index (χ2v) is 9.09. The first kappa shape index (κ1) is 19.6. The summed E-state index contributed by atoms with van der Waals surface area (Å²) in [5.74, 6) is 0.282. The molecule has 0 spiro atoms. The molecule has 3 atom stereocenters. The highest BCUT2D eigenvalue weighted by atomic mass is 32.1. The standard InChI is InChI=1S/C23H29NO3S/c1-16-7-8-20(21(25)13-16)23(26)24(18-9-11-27-12-10-18)19-14-22(28-15-19)17-5-3-2-4-6-17/h2-6,14-16,18,20-21,25H,7-13H2,1H3. The predicted molar refractivity (Wildman–Crippen MR) is 114 cm³/mol. The summed E-state index contributed by atoms with van der Waals surface area (Å²) in [4.78, 5) is 16.7. The van der Waals surface area contributed by atoms with Crippen molar-refractivity contribution in [2.75, 3.05) is 18.1 Å². The van der Waals surface area contributed by atoms with E-state index in [1.807, 2.05) is 23.1 Å². The summed E-state index contributed by atoms with van der Waals surface area (Å²) in [6.07, 6.45) is 3.66. The molecule has 28 heavy (non-hydrogen) atoms. The molecular weight excluding hydrogens is 370 g/mol. The number of ether oxygens (including phenoxy) is 1.